The summed E-state index contributed by atoms with van der Waals surface area (Å²) >= 11 is 0. The number of carbonyl (C=O) groups excluding carboxylic acids is 2. The lowest BCUT2D eigenvalue weighted by molar-refractivity contribution is -0.126. The van der Waals surface area contributed by atoms with Crippen molar-refractivity contribution in [3.05, 3.63) is 66.2 Å². The molecule has 0 spiro atoms. The van der Waals surface area contributed by atoms with Crippen LogP contribution in [0.3, 0.4) is 0 Å². The first-order chi connectivity index (χ1) is 13.2. The minimum Gasteiger partial charge on any atom is -0.385 e. The van der Waals surface area contributed by atoms with Gasteiger partial charge in [0.1, 0.15) is 0 Å². The minimum absolute atomic E-state index is 0.0158. The van der Waals surface area contributed by atoms with E-state index in [1.54, 1.807) is 12.0 Å². The number of hydrogen-bond acceptors (Lipinski definition) is 3. The highest BCUT2D eigenvalue weighted by atomic mass is 16.5. The van der Waals surface area contributed by atoms with Gasteiger partial charge in [-0.25, -0.2) is 0 Å². The van der Waals surface area contributed by atoms with Gasteiger partial charge in [0.15, 0.2) is 0 Å². The van der Waals surface area contributed by atoms with Crippen molar-refractivity contribution in [1.82, 2.24) is 5.32 Å². The van der Waals surface area contributed by atoms with Gasteiger partial charge in [0.25, 0.3) is 0 Å². The van der Waals surface area contributed by atoms with Gasteiger partial charge in [-0.2, -0.15) is 0 Å². The molecule has 3 rings (SSSR count). The van der Waals surface area contributed by atoms with E-state index in [1.165, 1.54) is 0 Å². The minimum atomic E-state index is -0.239. The molecule has 2 unspecified atom stereocenters. The van der Waals surface area contributed by atoms with Gasteiger partial charge < -0.3 is 15.0 Å². The van der Waals surface area contributed by atoms with Gasteiger partial charge in [-0.05, 0) is 30.5 Å². The fourth-order valence-electron chi connectivity index (χ4n) is 3.19. The largest absolute Gasteiger partial charge is 0.385 e. The van der Waals surface area contributed by atoms with Crippen molar-refractivity contribution in [3.8, 4) is 0 Å². The van der Waals surface area contributed by atoms with E-state index in [0.717, 1.165) is 17.7 Å². The van der Waals surface area contributed by atoms with Crippen molar-refractivity contribution in [3.63, 3.8) is 0 Å². The summed E-state index contributed by atoms with van der Waals surface area (Å²) in [5.41, 5.74) is 1.92. The number of ether oxygens (including phenoxy) is 1. The Morgan fingerprint density at radius 3 is 2.37 bits per heavy atom. The zero-order valence-corrected chi connectivity index (χ0v) is 15.6. The summed E-state index contributed by atoms with van der Waals surface area (Å²) in [6, 6.07) is 19.6. The Hall–Kier alpha value is -2.66. The van der Waals surface area contributed by atoms with Gasteiger partial charge in [-0.15, -0.1) is 0 Å². The Morgan fingerprint density at radius 2 is 1.70 bits per heavy atom. The molecule has 2 amide bonds. The number of nitrogens with zero attached hydrogens (tertiary/aromatic N) is 1. The second-order valence-corrected chi connectivity index (χ2v) is 6.83. The zero-order chi connectivity index (χ0) is 19.1. The molecule has 27 heavy (non-hydrogen) atoms. The van der Waals surface area contributed by atoms with Crippen molar-refractivity contribution in [2.75, 3.05) is 25.2 Å². The Kier molecular flexibility index (Phi) is 6.60. The molecule has 1 aliphatic carbocycles. The highest BCUT2D eigenvalue weighted by Crippen LogP contribution is 2.41. The van der Waals surface area contributed by atoms with E-state index in [0.29, 0.717) is 26.1 Å². The summed E-state index contributed by atoms with van der Waals surface area (Å²) < 4.78 is 4.98. The topological polar surface area (TPSA) is 58.6 Å². The molecular formula is C22H26N2O3. The van der Waals surface area contributed by atoms with Crippen LogP contribution < -0.4 is 10.2 Å². The smallest absolute Gasteiger partial charge is 0.231 e. The number of benzene rings is 2. The molecule has 0 aliphatic heterocycles. The van der Waals surface area contributed by atoms with Gasteiger partial charge in [-0.1, -0.05) is 48.5 Å². The first kappa shape index (κ1) is 19.1. The molecule has 1 N–H and O–H groups in total. The van der Waals surface area contributed by atoms with Gasteiger partial charge in [0, 0.05) is 25.9 Å². The van der Waals surface area contributed by atoms with Crippen molar-refractivity contribution < 1.29 is 14.3 Å². The second-order valence-electron chi connectivity index (χ2n) is 6.83. The number of carbonyl (C=O) groups is 2. The highest BCUT2D eigenvalue weighted by molar-refractivity contribution is 6.01. The van der Waals surface area contributed by atoms with Gasteiger partial charge in [0.2, 0.25) is 11.8 Å². The summed E-state index contributed by atoms with van der Waals surface area (Å²) in [6.07, 6.45) is 1.39. The van der Waals surface area contributed by atoms with Crippen molar-refractivity contribution in [1.29, 1.82) is 0 Å². The zero-order valence-electron chi connectivity index (χ0n) is 15.6. The maximum absolute atomic E-state index is 13.1. The number of rotatable bonds is 9. The Morgan fingerprint density at radius 1 is 1.04 bits per heavy atom. The number of hydrogen-bond donors (Lipinski definition) is 1. The Balaban J connectivity index is 1.65. The Labute approximate surface area is 160 Å². The molecule has 1 aliphatic rings. The summed E-state index contributed by atoms with van der Waals surface area (Å²) in [7, 11) is 1.64. The fraction of sp³-hybridized carbons (Fsp3) is 0.364. The average Bonchev–Trinajstić information content (AvgIpc) is 3.51. The van der Waals surface area contributed by atoms with E-state index in [2.05, 4.69) is 5.32 Å². The molecule has 142 valence electrons. The van der Waals surface area contributed by atoms with E-state index in [1.807, 2.05) is 60.7 Å². The van der Waals surface area contributed by atoms with Crippen LogP contribution in [0.4, 0.5) is 5.69 Å². The molecule has 0 radical (unpaired) electrons. The van der Waals surface area contributed by atoms with Gasteiger partial charge in [0.05, 0.1) is 18.4 Å². The van der Waals surface area contributed by atoms with Crippen LogP contribution in [0, 0.1) is 11.8 Å². The van der Waals surface area contributed by atoms with Crippen LogP contribution >= 0.6 is 0 Å². The van der Waals surface area contributed by atoms with Crippen LogP contribution in [0.25, 0.3) is 0 Å². The molecule has 2 aromatic carbocycles. The number of amides is 2. The Bertz CT molecular complexity index is 749. The van der Waals surface area contributed by atoms with E-state index in [-0.39, 0.29) is 23.7 Å². The maximum Gasteiger partial charge on any atom is 0.231 e. The first-order valence-electron chi connectivity index (χ1n) is 9.37. The summed E-state index contributed by atoms with van der Waals surface area (Å²) in [6.45, 7) is 1.70. The predicted molar refractivity (Wildman–Crippen MR) is 105 cm³/mol. The lowest BCUT2D eigenvalue weighted by atomic mass is 10.1. The van der Waals surface area contributed by atoms with E-state index < -0.39 is 0 Å². The monoisotopic (exact) mass is 366 g/mol. The molecular weight excluding hydrogens is 340 g/mol. The van der Waals surface area contributed by atoms with Crippen LogP contribution in [0.1, 0.15) is 18.4 Å². The van der Waals surface area contributed by atoms with Crippen molar-refractivity contribution in [2.24, 2.45) is 11.8 Å². The maximum atomic E-state index is 13.1. The number of methoxy groups -OCH3 is 1. The van der Waals surface area contributed by atoms with E-state index in [9.17, 15) is 9.59 Å². The van der Waals surface area contributed by atoms with Crippen molar-refractivity contribution in [2.45, 2.75) is 19.4 Å². The van der Waals surface area contributed by atoms with E-state index in [4.69, 9.17) is 4.74 Å². The number of para-hydroxylation sites is 1. The van der Waals surface area contributed by atoms with Crippen LogP contribution in [0.15, 0.2) is 60.7 Å². The summed E-state index contributed by atoms with van der Waals surface area (Å²) in [5.74, 6) is -0.474. The predicted octanol–water partition coefficient (Wildman–Crippen LogP) is 3.01. The molecule has 1 fully saturated rings. The molecule has 0 bridgehead atoms. The molecule has 2 aromatic rings. The molecule has 0 aromatic heterocycles. The SMILES string of the molecule is COCCCNC(=O)C1CC1C(=O)N(Cc1ccccc1)c1ccccc1. The first-order valence-corrected chi connectivity index (χ1v) is 9.37. The fourth-order valence-corrected chi connectivity index (χ4v) is 3.19. The average molecular weight is 366 g/mol. The number of anilines is 1. The third-order valence-electron chi connectivity index (χ3n) is 4.79. The third-order valence-corrected chi connectivity index (χ3v) is 4.79. The molecule has 0 saturated heterocycles. The van der Waals surface area contributed by atoms with Crippen LogP contribution in [0.5, 0.6) is 0 Å². The summed E-state index contributed by atoms with van der Waals surface area (Å²) in [4.78, 5) is 27.2. The van der Waals surface area contributed by atoms with Crippen LogP contribution in [0.2, 0.25) is 0 Å². The molecule has 0 heterocycles. The van der Waals surface area contributed by atoms with Gasteiger partial charge in [-0.3, -0.25) is 9.59 Å². The summed E-state index contributed by atoms with van der Waals surface area (Å²) in [5, 5.41) is 2.90. The van der Waals surface area contributed by atoms with Gasteiger partial charge >= 0.3 is 0 Å². The number of nitrogens with one attached hydrogen (secondary N) is 1. The third kappa shape index (κ3) is 5.17. The normalized spacial score (nSPS) is 18.0. The highest BCUT2D eigenvalue weighted by Gasteiger charge is 2.49. The second kappa shape index (κ2) is 9.33. The lowest BCUT2D eigenvalue weighted by Gasteiger charge is -2.23. The quantitative estimate of drug-likeness (QED) is 0.694. The molecule has 5 heteroatoms. The van der Waals surface area contributed by atoms with Crippen molar-refractivity contribution >= 4 is 17.5 Å². The van der Waals surface area contributed by atoms with E-state index >= 15 is 0 Å². The van der Waals surface area contributed by atoms with Crippen LogP contribution in [-0.2, 0) is 20.9 Å². The van der Waals surface area contributed by atoms with Crippen LogP contribution in [-0.4, -0.2) is 32.1 Å². The molecule has 2 atom stereocenters. The molecule has 1 saturated carbocycles. The standard InChI is InChI=1S/C22H26N2O3/c1-27-14-8-13-23-21(25)19-15-20(19)22(26)24(18-11-6-3-7-12-18)16-17-9-4-2-5-10-17/h2-7,9-12,19-20H,8,13-16H2,1H3,(H,23,25). The molecule has 5 nitrogen and oxygen atoms in total. The lowest BCUT2D eigenvalue weighted by Crippen LogP contribution is -2.34.